The molecule has 0 bridgehead atoms. The van der Waals surface area contributed by atoms with Crippen LogP contribution in [0.5, 0.6) is 5.75 Å². The van der Waals surface area contributed by atoms with Crippen molar-refractivity contribution in [2.45, 2.75) is 0 Å². The van der Waals surface area contributed by atoms with Crippen LogP contribution in [0.1, 0.15) is 20.7 Å². The first-order valence-corrected chi connectivity index (χ1v) is 9.34. The van der Waals surface area contributed by atoms with Crippen molar-refractivity contribution in [3.05, 3.63) is 63.1 Å². The average Bonchev–Trinajstić information content (AvgIpc) is 2.67. The van der Waals surface area contributed by atoms with E-state index in [0.717, 1.165) is 4.47 Å². The Bertz CT molecular complexity index is 818. The monoisotopic (exact) mass is 436 g/mol. The Kier molecular flexibility index (Phi) is 5.84. The highest BCUT2D eigenvalue weighted by molar-refractivity contribution is 9.10. The third kappa shape index (κ3) is 4.02. The van der Waals surface area contributed by atoms with Crippen molar-refractivity contribution in [3.63, 3.8) is 0 Å². The smallest absolute Gasteiger partial charge is 0.257 e. The molecule has 1 aliphatic heterocycles. The number of rotatable bonds is 3. The molecule has 2 aromatic rings. The van der Waals surface area contributed by atoms with Gasteiger partial charge < -0.3 is 14.5 Å². The van der Waals surface area contributed by atoms with Crippen LogP contribution in [0.3, 0.4) is 0 Å². The van der Waals surface area contributed by atoms with Gasteiger partial charge in [-0.1, -0.05) is 27.5 Å². The van der Waals surface area contributed by atoms with E-state index in [0.29, 0.717) is 48.1 Å². The van der Waals surface area contributed by atoms with Gasteiger partial charge in [-0.25, -0.2) is 0 Å². The second kappa shape index (κ2) is 8.10. The highest BCUT2D eigenvalue weighted by atomic mass is 79.9. The first kappa shape index (κ1) is 18.7. The fraction of sp³-hybridized carbons (Fsp3) is 0.263. The predicted octanol–water partition coefficient (Wildman–Crippen LogP) is 3.71. The molecule has 1 saturated heterocycles. The minimum absolute atomic E-state index is 0.0232. The number of nitrogens with zero attached hydrogens (tertiary/aromatic N) is 2. The first-order chi connectivity index (χ1) is 12.5. The number of benzene rings is 2. The second-order valence-corrected chi connectivity index (χ2v) is 7.29. The minimum atomic E-state index is -0.139. The lowest BCUT2D eigenvalue weighted by atomic mass is 10.1. The van der Waals surface area contributed by atoms with Gasteiger partial charge in [-0.3, -0.25) is 9.59 Å². The molecule has 0 unspecified atom stereocenters. The number of halogens is 2. The van der Waals surface area contributed by atoms with Crippen molar-refractivity contribution >= 4 is 39.3 Å². The van der Waals surface area contributed by atoms with Gasteiger partial charge in [0.05, 0.1) is 12.7 Å². The number of carbonyl (C=O) groups is 2. The van der Waals surface area contributed by atoms with Gasteiger partial charge in [0.2, 0.25) is 0 Å². The van der Waals surface area contributed by atoms with E-state index in [1.165, 1.54) is 7.11 Å². The number of hydrogen-bond donors (Lipinski definition) is 0. The van der Waals surface area contributed by atoms with Gasteiger partial charge in [0, 0.05) is 41.2 Å². The molecule has 0 N–H and O–H groups in total. The molecule has 2 aromatic carbocycles. The van der Waals surface area contributed by atoms with Crippen molar-refractivity contribution < 1.29 is 14.3 Å². The first-order valence-electron chi connectivity index (χ1n) is 8.17. The van der Waals surface area contributed by atoms with Crippen LogP contribution in [0.25, 0.3) is 0 Å². The van der Waals surface area contributed by atoms with Gasteiger partial charge >= 0.3 is 0 Å². The predicted molar refractivity (Wildman–Crippen MR) is 104 cm³/mol. The third-order valence-electron chi connectivity index (χ3n) is 4.34. The number of carbonyl (C=O) groups excluding carboxylic acids is 2. The van der Waals surface area contributed by atoms with Crippen LogP contribution in [0.15, 0.2) is 46.9 Å². The van der Waals surface area contributed by atoms with Crippen LogP contribution in [0.4, 0.5) is 0 Å². The lowest BCUT2D eigenvalue weighted by Gasteiger charge is -2.35. The largest absolute Gasteiger partial charge is 0.496 e. The number of ether oxygens (including phenoxy) is 1. The SMILES string of the molecule is COc1ccc(Cl)cc1C(=O)N1CCN(C(=O)c2ccc(Br)cc2)CC1. The van der Waals surface area contributed by atoms with Crippen LogP contribution in [0.2, 0.25) is 5.02 Å². The molecule has 1 fully saturated rings. The van der Waals surface area contributed by atoms with Crippen LogP contribution in [0, 0.1) is 0 Å². The molecule has 136 valence electrons. The van der Waals surface area contributed by atoms with E-state index >= 15 is 0 Å². The summed E-state index contributed by atoms with van der Waals surface area (Å²) >= 11 is 9.38. The Hall–Kier alpha value is -2.05. The molecule has 1 aliphatic rings. The average molecular weight is 438 g/mol. The molecular weight excluding hydrogens is 420 g/mol. The third-order valence-corrected chi connectivity index (χ3v) is 5.10. The molecule has 0 aromatic heterocycles. The quantitative estimate of drug-likeness (QED) is 0.735. The molecule has 2 amide bonds. The summed E-state index contributed by atoms with van der Waals surface area (Å²) < 4.78 is 6.20. The van der Waals surface area contributed by atoms with Crippen molar-refractivity contribution in [3.8, 4) is 5.75 Å². The summed E-state index contributed by atoms with van der Waals surface area (Å²) in [5.74, 6) is 0.331. The molecule has 0 spiro atoms. The zero-order chi connectivity index (χ0) is 18.7. The summed E-state index contributed by atoms with van der Waals surface area (Å²) in [6.45, 7) is 1.92. The van der Waals surface area contributed by atoms with Gasteiger partial charge in [0.15, 0.2) is 0 Å². The lowest BCUT2D eigenvalue weighted by molar-refractivity contribution is 0.0533. The van der Waals surface area contributed by atoms with Gasteiger partial charge in [-0.15, -0.1) is 0 Å². The summed E-state index contributed by atoms with van der Waals surface area (Å²) in [6, 6.07) is 12.3. The molecule has 5 nitrogen and oxygen atoms in total. The summed E-state index contributed by atoms with van der Waals surface area (Å²) in [7, 11) is 1.52. The highest BCUT2D eigenvalue weighted by Crippen LogP contribution is 2.24. The Labute approximate surface area is 165 Å². The van der Waals surface area contributed by atoms with Crippen LogP contribution in [-0.2, 0) is 0 Å². The van der Waals surface area contributed by atoms with Crippen molar-refractivity contribution in [1.29, 1.82) is 0 Å². The topological polar surface area (TPSA) is 49.9 Å². The second-order valence-electron chi connectivity index (χ2n) is 5.94. The van der Waals surface area contributed by atoms with Crippen LogP contribution >= 0.6 is 27.5 Å². The molecule has 1 heterocycles. The molecular formula is C19H18BrClN2O3. The molecule has 26 heavy (non-hydrogen) atoms. The number of piperazine rings is 1. The summed E-state index contributed by atoms with van der Waals surface area (Å²) in [4.78, 5) is 28.9. The lowest BCUT2D eigenvalue weighted by Crippen LogP contribution is -2.50. The van der Waals surface area contributed by atoms with Crippen molar-refractivity contribution in [2.75, 3.05) is 33.3 Å². The van der Waals surface area contributed by atoms with Crippen molar-refractivity contribution in [2.24, 2.45) is 0 Å². The Morgan fingerprint density at radius 3 is 2.12 bits per heavy atom. The van der Waals surface area contributed by atoms with Crippen LogP contribution < -0.4 is 4.74 Å². The zero-order valence-electron chi connectivity index (χ0n) is 14.2. The molecule has 0 aliphatic carbocycles. The van der Waals surface area contributed by atoms with Gasteiger partial charge in [-0.2, -0.15) is 0 Å². The maximum atomic E-state index is 12.8. The highest BCUT2D eigenvalue weighted by Gasteiger charge is 2.27. The Morgan fingerprint density at radius 2 is 1.54 bits per heavy atom. The van der Waals surface area contributed by atoms with E-state index in [2.05, 4.69) is 15.9 Å². The summed E-state index contributed by atoms with van der Waals surface area (Å²) in [5.41, 5.74) is 1.08. The van der Waals surface area contributed by atoms with E-state index in [-0.39, 0.29) is 11.8 Å². The van der Waals surface area contributed by atoms with Crippen LogP contribution in [-0.4, -0.2) is 54.9 Å². The normalized spacial score (nSPS) is 14.3. The summed E-state index contributed by atoms with van der Waals surface area (Å²) in [6.07, 6.45) is 0. The molecule has 0 atom stereocenters. The maximum Gasteiger partial charge on any atom is 0.257 e. The van der Waals surface area contributed by atoms with Gasteiger partial charge in [0.25, 0.3) is 11.8 Å². The van der Waals surface area contributed by atoms with Gasteiger partial charge in [0.1, 0.15) is 5.75 Å². The number of hydrogen-bond acceptors (Lipinski definition) is 3. The van der Waals surface area contributed by atoms with E-state index in [1.807, 2.05) is 12.1 Å². The fourth-order valence-corrected chi connectivity index (χ4v) is 3.34. The number of methoxy groups -OCH3 is 1. The van der Waals surface area contributed by atoms with E-state index in [9.17, 15) is 9.59 Å². The van der Waals surface area contributed by atoms with Gasteiger partial charge in [-0.05, 0) is 42.5 Å². The van der Waals surface area contributed by atoms with Crippen molar-refractivity contribution in [1.82, 2.24) is 9.80 Å². The van der Waals surface area contributed by atoms with E-state index < -0.39 is 0 Å². The molecule has 0 radical (unpaired) electrons. The van der Waals surface area contributed by atoms with E-state index in [4.69, 9.17) is 16.3 Å². The zero-order valence-corrected chi connectivity index (χ0v) is 16.6. The minimum Gasteiger partial charge on any atom is -0.496 e. The Balaban J connectivity index is 1.66. The van der Waals surface area contributed by atoms with E-state index in [1.54, 1.807) is 40.1 Å². The molecule has 3 rings (SSSR count). The standard InChI is InChI=1S/C19H18BrClN2O3/c1-26-17-7-6-15(21)12-16(17)19(25)23-10-8-22(9-11-23)18(24)13-2-4-14(20)5-3-13/h2-7,12H,8-11H2,1H3. The maximum absolute atomic E-state index is 12.8. The Morgan fingerprint density at radius 1 is 0.962 bits per heavy atom. The fourth-order valence-electron chi connectivity index (χ4n) is 2.91. The molecule has 0 saturated carbocycles. The summed E-state index contributed by atoms with van der Waals surface area (Å²) in [5, 5.41) is 0.484. The number of amides is 2. The molecule has 7 heteroatoms.